The van der Waals surface area contributed by atoms with Gasteiger partial charge in [-0.2, -0.15) is 13.2 Å². The Morgan fingerprint density at radius 3 is 2.47 bits per heavy atom. The summed E-state index contributed by atoms with van der Waals surface area (Å²) in [5.41, 5.74) is -0.779. The standard InChI is InChI=1S/C9H7BrClF3O/c10-3-4-15-8-2-1-6(5-7(8)11)9(12,13)14/h1-2,5H,3-4H2. The van der Waals surface area contributed by atoms with Crippen molar-refractivity contribution in [3.8, 4) is 5.75 Å². The van der Waals surface area contributed by atoms with E-state index in [2.05, 4.69) is 15.9 Å². The lowest BCUT2D eigenvalue weighted by Crippen LogP contribution is -2.05. The van der Waals surface area contributed by atoms with Crippen molar-refractivity contribution in [3.63, 3.8) is 0 Å². The van der Waals surface area contributed by atoms with Crippen LogP contribution in [0.4, 0.5) is 13.2 Å². The van der Waals surface area contributed by atoms with Crippen molar-refractivity contribution in [2.75, 3.05) is 11.9 Å². The second-order valence-corrected chi connectivity index (χ2v) is 3.88. The molecule has 15 heavy (non-hydrogen) atoms. The number of rotatable bonds is 3. The van der Waals surface area contributed by atoms with Gasteiger partial charge in [-0.3, -0.25) is 0 Å². The van der Waals surface area contributed by atoms with E-state index in [-0.39, 0.29) is 10.8 Å². The summed E-state index contributed by atoms with van der Waals surface area (Å²) < 4.78 is 41.8. The number of hydrogen-bond donors (Lipinski definition) is 0. The Balaban J connectivity index is 2.88. The first kappa shape index (κ1) is 12.6. The predicted octanol–water partition coefficient (Wildman–Crippen LogP) is 4.13. The van der Waals surface area contributed by atoms with Crippen LogP contribution in [0.5, 0.6) is 5.75 Å². The van der Waals surface area contributed by atoms with Gasteiger partial charge in [-0.1, -0.05) is 27.5 Å². The van der Waals surface area contributed by atoms with Crippen LogP contribution < -0.4 is 4.74 Å². The van der Waals surface area contributed by atoms with Gasteiger partial charge in [0, 0.05) is 5.33 Å². The minimum Gasteiger partial charge on any atom is -0.491 e. The fraction of sp³-hybridized carbons (Fsp3) is 0.333. The van der Waals surface area contributed by atoms with Gasteiger partial charge in [-0.05, 0) is 18.2 Å². The highest BCUT2D eigenvalue weighted by Gasteiger charge is 2.30. The summed E-state index contributed by atoms with van der Waals surface area (Å²) in [5.74, 6) is 0.254. The molecule has 0 radical (unpaired) electrons. The second-order valence-electron chi connectivity index (χ2n) is 2.68. The van der Waals surface area contributed by atoms with Crippen LogP contribution in [0.15, 0.2) is 18.2 Å². The molecule has 0 spiro atoms. The lowest BCUT2D eigenvalue weighted by Gasteiger charge is -2.10. The summed E-state index contributed by atoms with van der Waals surface area (Å²) >= 11 is 8.76. The molecule has 0 fully saturated rings. The lowest BCUT2D eigenvalue weighted by atomic mass is 10.2. The van der Waals surface area contributed by atoms with Crippen molar-refractivity contribution >= 4 is 27.5 Å². The fourth-order valence-corrected chi connectivity index (χ4v) is 1.34. The van der Waals surface area contributed by atoms with Crippen molar-refractivity contribution in [1.29, 1.82) is 0 Å². The zero-order valence-corrected chi connectivity index (χ0v) is 9.79. The number of benzene rings is 1. The van der Waals surface area contributed by atoms with Crippen LogP contribution in [0.1, 0.15) is 5.56 Å². The van der Waals surface area contributed by atoms with E-state index in [1.54, 1.807) is 0 Å². The molecule has 0 aliphatic heterocycles. The maximum atomic E-state index is 12.2. The van der Waals surface area contributed by atoms with Crippen molar-refractivity contribution in [1.82, 2.24) is 0 Å². The number of ether oxygens (including phenoxy) is 1. The van der Waals surface area contributed by atoms with Crippen LogP contribution in [0.2, 0.25) is 5.02 Å². The van der Waals surface area contributed by atoms with Crippen LogP contribution in [-0.2, 0) is 6.18 Å². The molecule has 1 aromatic rings. The molecule has 0 bridgehead atoms. The molecule has 0 saturated carbocycles. The third-order valence-corrected chi connectivity index (χ3v) is 2.21. The summed E-state index contributed by atoms with van der Waals surface area (Å²) in [6.45, 7) is 0.352. The van der Waals surface area contributed by atoms with Crippen LogP contribution in [0.3, 0.4) is 0 Å². The molecule has 0 aliphatic rings. The minimum atomic E-state index is -4.38. The Bertz CT molecular complexity index is 341. The van der Waals surface area contributed by atoms with Gasteiger partial charge in [0.1, 0.15) is 5.75 Å². The molecule has 0 N–H and O–H groups in total. The summed E-state index contributed by atoms with van der Waals surface area (Å²) in [7, 11) is 0. The molecule has 0 saturated heterocycles. The van der Waals surface area contributed by atoms with Crippen LogP contribution in [0, 0.1) is 0 Å². The summed E-state index contributed by atoms with van der Waals surface area (Å²) in [6, 6.07) is 3.01. The number of hydrogen-bond acceptors (Lipinski definition) is 1. The minimum absolute atomic E-state index is 0.0363. The maximum Gasteiger partial charge on any atom is 0.416 e. The van der Waals surface area contributed by atoms with Gasteiger partial charge in [-0.15, -0.1) is 0 Å². The molecule has 0 heterocycles. The Hall–Kier alpha value is -0.420. The van der Waals surface area contributed by atoms with E-state index in [1.165, 1.54) is 6.07 Å². The molecular weight excluding hydrogens is 296 g/mol. The summed E-state index contributed by atoms with van der Waals surface area (Å²) in [4.78, 5) is 0. The highest BCUT2D eigenvalue weighted by Crippen LogP contribution is 2.34. The van der Waals surface area contributed by atoms with Gasteiger partial charge >= 0.3 is 6.18 Å². The predicted molar refractivity (Wildman–Crippen MR) is 55.7 cm³/mol. The maximum absolute atomic E-state index is 12.2. The van der Waals surface area contributed by atoms with Crippen molar-refractivity contribution < 1.29 is 17.9 Å². The zero-order valence-electron chi connectivity index (χ0n) is 7.44. The third kappa shape index (κ3) is 3.57. The first-order valence-corrected chi connectivity index (χ1v) is 5.50. The average molecular weight is 304 g/mol. The average Bonchev–Trinajstić information content (AvgIpc) is 2.14. The van der Waals surface area contributed by atoms with Crippen molar-refractivity contribution in [2.24, 2.45) is 0 Å². The van der Waals surface area contributed by atoms with E-state index in [4.69, 9.17) is 16.3 Å². The summed E-state index contributed by atoms with van der Waals surface area (Å²) in [5, 5.41) is 0.551. The van der Waals surface area contributed by atoms with E-state index in [1.807, 2.05) is 0 Å². The zero-order chi connectivity index (χ0) is 11.5. The molecule has 0 atom stereocenters. The molecule has 0 amide bonds. The number of alkyl halides is 4. The Morgan fingerprint density at radius 2 is 2.00 bits per heavy atom. The molecule has 0 aliphatic carbocycles. The van der Waals surface area contributed by atoms with Gasteiger partial charge in [0.05, 0.1) is 17.2 Å². The normalized spacial score (nSPS) is 11.5. The van der Waals surface area contributed by atoms with Gasteiger partial charge in [0.15, 0.2) is 0 Å². The highest BCUT2D eigenvalue weighted by molar-refractivity contribution is 9.09. The van der Waals surface area contributed by atoms with Crippen LogP contribution in [-0.4, -0.2) is 11.9 Å². The summed E-state index contributed by atoms with van der Waals surface area (Å²) in [6.07, 6.45) is -4.38. The molecule has 0 aromatic heterocycles. The topological polar surface area (TPSA) is 9.23 Å². The Morgan fingerprint density at radius 1 is 1.33 bits per heavy atom. The molecule has 84 valence electrons. The molecule has 1 aromatic carbocycles. The van der Waals surface area contributed by atoms with Crippen LogP contribution in [0.25, 0.3) is 0 Å². The largest absolute Gasteiger partial charge is 0.491 e. The molecule has 1 rings (SSSR count). The van der Waals surface area contributed by atoms with Crippen LogP contribution >= 0.6 is 27.5 Å². The Labute approximate surface area is 98.3 Å². The quantitative estimate of drug-likeness (QED) is 0.763. The number of halogens is 5. The van der Waals surface area contributed by atoms with Gasteiger partial charge in [-0.25, -0.2) is 0 Å². The Kier molecular flexibility index (Phi) is 4.28. The SMILES string of the molecule is FC(F)(F)c1ccc(OCCBr)c(Cl)c1. The fourth-order valence-electron chi connectivity index (χ4n) is 0.943. The van der Waals surface area contributed by atoms with E-state index in [0.29, 0.717) is 11.9 Å². The van der Waals surface area contributed by atoms with E-state index in [9.17, 15) is 13.2 Å². The molecular formula is C9H7BrClF3O. The second kappa shape index (κ2) is 5.07. The van der Waals surface area contributed by atoms with Gasteiger partial charge < -0.3 is 4.74 Å². The first-order chi connectivity index (χ1) is 6.95. The monoisotopic (exact) mass is 302 g/mol. The van der Waals surface area contributed by atoms with E-state index >= 15 is 0 Å². The highest BCUT2D eigenvalue weighted by atomic mass is 79.9. The third-order valence-electron chi connectivity index (χ3n) is 1.59. The molecule has 1 nitrogen and oxygen atoms in total. The van der Waals surface area contributed by atoms with Crippen molar-refractivity contribution in [3.05, 3.63) is 28.8 Å². The smallest absolute Gasteiger partial charge is 0.416 e. The first-order valence-electron chi connectivity index (χ1n) is 4.00. The lowest BCUT2D eigenvalue weighted by molar-refractivity contribution is -0.137. The van der Waals surface area contributed by atoms with Gasteiger partial charge in [0.25, 0.3) is 0 Å². The molecule has 0 unspecified atom stereocenters. The van der Waals surface area contributed by atoms with E-state index < -0.39 is 11.7 Å². The van der Waals surface area contributed by atoms with E-state index in [0.717, 1.165) is 12.1 Å². The van der Waals surface area contributed by atoms with Crippen molar-refractivity contribution in [2.45, 2.75) is 6.18 Å². The van der Waals surface area contributed by atoms with Gasteiger partial charge in [0.2, 0.25) is 0 Å². The molecule has 6 heteroatoms.